The summed E-state index contributed by atoms with van der Waals surface area (Å²) in [7, 11) is 0. The second-order valence-electron chi connectivity index (χ2n) is 2.71. The van der Waals surface area contributed by atoms with Crippen LogP contribution < -0.4 is 0 Å². The van der Waals surface area contributed by atoms with Crippen LogP contribution in [0, 0.1) is 6.92 Å². The highest BCUT2D eigenvalue weighted by atomic mass is 19.4. The topological polar surface area (TPSA) is 26.3 Å². The minimum atomic E-state index is -4.39. The fourth-order valence-electron chi connectivity index (χ4n) is 0.971. The van der Waals surface area contributed by atoms with Crippen molar-refractivity contribution in [2.75, 3.05) is 6.61 Å². The van der Waals surface area contributed by atoms with Gasteiger partial charge in [0.25, 0.3) is 0 Å². The van der Waals surface area contributed by atoms with E-state index in [2.05, 4.69) is 11.7 Å². The maximum Gasteiger partial charge on any atom is 0.416 e. The van der Waals surface area contributed by atoms with Gasteiger partial charge in [0.2, 0.25) is 0 Å². The molecule has 0 atom stereocenters. The number of esters is 1. The zero-order chi connectivity index (χ0) is 11.5. The van der Waals surface area contributed by atoms with Gasteiger partial charge in [0.15, 0.2) is 0 Å². The largest absolute Gasteiger partial charge is 0.462 e. The average molecular weight is 217 g/mol. The highest BCUT2D eigenvalue weighted by Crippen LogP contribution is 2.29. The molecule has 0 aliphatic rings. The summed E-state index contributed by atoms with van der Waals surface area (Å²) in [6.45, 7) is 3.23. The quantitative estimate of drug-likeness (QED) is 0.712. The zero-order valence-electron chi connectivity index (χ0n) is 7.67. The Morgan fingerprint density at radius 1 is 1.27 bits per heavy atom. The number of hydrogen-bond acceptors (Lipinski definition) is 2. The van der Waals surface area contributed by atoms with Crippen LogP contribution in [-0.2, 0) is 10.9 Å². The van der Waals surface area contributed by atoms with Gasteiger partial charge in [-0.3, -0.25) is 0 Å². The van der Waals surface area contributed by atoms with Crippen LogP contribution in [0.1, 0.15) is 15.9 Å². The summed E-state index contributed by atoms with van der Waals surface area (Å²) in [5.41, 5.74) is -0.722. The van der Waals surface area contributed by atoms with Gasteiger partial charge < -0.3 is 4.74 Å². The zero-order valence-corrected chi connectivity index (χ0v) is 7.67. The lowest BCUT2D eigenvalue weighted by molar-refractivity contribution is -0.137. The molecule has 0 aliphatic carbocycles. The molecule has 0 saturated carbocycles. The Labute approximate surface area is 84.7 Å². The molecule has 0 aromatic heterocycles. The van der Waals surface area contributed by atoms with Gasteiger partial charge in [-0.15, -0.1) is 0 Å². The van der Waals surface area contributed by atoms with E-state index in [-0.39, 0.29) is 12.2 Å². The van der Waals surface area contributed by atoms with Crippen LogP contribution in [0.25, 0.3) is 0 Å². The number of ether oxygens (including phenoxy) is 1. The minimum Gasteiger partial charge on any atom is -0.462 e. The van der Waals surface area contributed by atoms with Gasteiger partial charge in [-0.1, -0.05) is 0 Å². The van der Waals surface area contributed by atoms with Crippen LogP contribution in [0.15, 0.2) is 24.3 Å². The van der Waals surface area contributed by atoms with Crippen molar-refractivity contribution in [1.29, 1.82) is 0 Å². The molecule has 0 amide bonds. The number of carbonyl (C=O) groups excluding carboxylic acids is 1. The number of alkyl halides is 3. The molecule has 0 N–H and O–H groups in total. The van der Waals surface area contributed by atoms with Crippen molar-refractivity contribution in [1.82, 2.24) is 0 Å². The Balaban J connectivity index is 2.86. The highest BCUT2D eigenvalue weighted by Gasteiger charge is 2.30. The van der Waals surface area contributed by atoms with Gasteiger partial charge in [0.1, 0.15) is 0 Å². The molecule has 1 aromatic rings. The Morgan fingerprint density at radius 3 is 2.20 bits per heavy atom. The lowest BCUT2D eigenvalue weighted by Gasteiger charge is -2.06. The summed E-state index contributed by atoms with van der Waals surface area (Å²) >= 11 is 0. The first-order valence-corrected chi connectivity index (χ1v) is 4.09. The smallest absolute Gasteiger partial charge is 0.416 e. The van der Waals surface area contributed by atoms with E-state index in [0.29, 0.717) is 0 Å². The molecule has 1 radical (unpaired) electrons. The molecule has 0 saturated heterocycles. The van der Waals surface area contributed by atoms with Crippen molar-refractivity contribution < 1.29 is 22.7 Å². The second kappa shape index (κ2) is 4.33. The van der Waals surface area contributed by atoms with E-state index >= 15 is 0 Å². The Morgan fingerprint density at radius 2 is 1.80 bits per heavy atom. The van der Waals surface area contributed by atoms with Crippen molar-refractivity contribution in [2.24, 2.45) is 0 Å². The van der Waals surface area contributed by atoms with Crippen LogP contribution in [0.3, 0.4) is 0 Å². The van der Waals surface area contributed by atoms with Gasteiger partial charge in [0.05, 0.1) is 17.7 Å². The maximum atomic E-state index is 12.1. The van der Waals surface area contributed by atoms with E-state index in [9.17, 15) is 18.0 Å². The molecule has 0 fully saturated rings. The van der Waals surface area contributed by atoms with Crippen molar-refractivity contribution in [2.45, 2.75) is 6.18 Å². The molecule has 1 aromatic carbocycles. The standard InChI is InChI=1S/C10H8F3O2/c1-2-15-9(14)7-3-5-8(6-4-7)10(11,12)13/h3-6H,1-2H2. The molecular weight excluding hydrogens is 209 g/mol. The molecule has 0 heterocycles. The number of rotatable bonds is 2. The van der Waals surface area contributed by atoms with Gasteiger partial charge >= 0.3 is 12.1 Å². The van der Waals surface area contributed by atoms with Gasteiger partial charge in [-0.25, -0.2) is 4.79 Å². The van der Waals surface area contributed by atoms with Crippen LogP contribution in [0.2, 0.25) is 0 Å². The van der Waals surface area contributed by atoms with Crippen LogP contribution in [0.4, 0.5) is 13.2 Å². The molecule has 81 valence electrons. The predicted octanol–water partition coefficient (Wildman–Crippen LogP) is 2.70. The van der Waals surface area contributed by atoms with Crippen molar-refractivity contribution in [3.8, 4) is 0 Å². The molecule has 0 unspecified atom stereocenters. The second-order valence-corrected chi connectivity index (χ2v) is 2.71. The van der Waals surface area contributed by atoms with Crippen LogP contribution >= 0.6 is 0 Å². The van der Waals surface area contributed by atoms with Crippen LogP contribution in [0.5, 0.6) is 0 Å². The first-order valence-electron chi connectivity index (χ1n) is 4.09. The third-order valence-electron chi connectivity index (χ3n) is 1.68. The SMILES string of the molecule is [CH2]COC(=O)c1ccc(C(F)(F)F)cc1. The molecule has 1 rings (SSSR count). The molecule has 15 heavy (non-hydrogen) atoms. The first-order chi connectivity index (χ1) is 6.95. The Bertz CT molecular complexity index is 341. The summed E-state index contributed by atoms with van der Waals surface area (Å²) < 4.78 is 40.9. The third-order valence-corrected chi connectivity index (χ3v) is 1.68. The summed E-state index contributed by atoms with van der Waals surface area (Å²) in [6.07, 6.45) is -4.39. The Kier molecular flexibility index (Phi) is 3.34. The lowest BCUT2D eigenvalue weighted by atomic mass is 10.1. The number of halogens is 3. The minimum absolute atomic E-state index is 0.0557. The Hall–Kier alpha value is -1.52. The van der Waals surface area contributed by atoms with Crippen molar-refractivity contribution in [3.05, 3.63) is 42.3 Å². The summed E-state index contributed by atoms with van der Waals surface area (Å²) in [5.74, 6) is -0.682. The van der Waals surface area contributed by atoms with E-state index in [1.165, 1.54) is 0 Å². The van der Waals surface area contributed by atoms with Gasteiger partial charge in [-0.05, 0) is 31.2 Å². The molecule has 2 nitrogen and oxygen atoms in total. The molecule has 0 aliphatic heterocycles. The lowest BCUT2D eigenvalue weighted by Crippen LogP contribution is -2.07. The van der Waals surface area contributed by atoms with Crippen molar-refractivity contribution in [3.63, 3.8) is 0 Å². The highest BCUT2D eigenvalue weighted by molar-refractivity contribution is 5.89. The summed E-state index contributed by atoms with van der Waals surface area (Å²) in [4.78, 5) is 11.1. The van der Waals surface area contributed by atoms with E-state index < -0.39 is 17.7 Å². The summed E-state index contributed by atoms with van der Waals surface area (Å²) in [6, 6.07) is 3.81. The fourth-order valence-corrected chi connectivity index (χ4v) is 0.971. The monoisotopic (exact) mass is 217 g/mol. The van der Waals surface area contributed by atoms with E-state index in [1.54, 1.807) is 0 Å². The normalized spacial score (nSPS) is 11.2. The number of carbonyl (C=O) groups is 1. The molecular formula is C10H8F3O2. The predicted molar refractivity (Wildman–Crippen MR) is 47.1 cm³/mol. The summed E-state index contributed by atoms with van der Waals surface area (Å²) in [5, 5.41) is 0. The third kappa shape index (κ3) is 2.97. The molecule has 5 heteroatoms. The fraction of sp³-hybridized carbons (Fsp3) is 0.200. The average Bonchev–Trinajstić information content (AvgIpc) is 2.17. The van der Waals surface area contributed by atoms with E-state index in [1.807, 2.05) is 0 Å². The van der Waals surface area contributed by atoms with Crippen molar-refractivity contribution >= 4 is 5.97 Å². The van der Waals surface area contributed by atoms with Crippen LogP contribution in [-0.4, -0.2) is 12.6 Å². The van der Waals surface area contributed by atoms with Gasteiger partial charge in [0, 0.05) is 0 Å². The maximum absolute atomic E-state index is 12.1. The molecule has 0 spiro atoms. The number of benzene rings is 1. The van der Waals surface area contributed by atoms with E-state index in [0.717, 1.165) is 24.3 Å². The number of hydrogen-bond donors (Lipinski definition) is 0. The van der Waals surface area contributed by atoms with E-state index in [4.69, 9.17) is 0 Å². The first kappa shape index (κ1) is 11.6. The van der Waals surface area contributed by atoms with Gasteiger partial charge in [-0.2, -0.15) is 13.2 Å². The molecule has 0 bridgehead atoms.